The van der Waals surface area contributed by atoms with Gasteiger partial charge in [0.25, 0.3) is 0 Å². The predicted octanol–water partition coefficient (Wildman–Crippen LogP) is 2.23. The van der Waals surface area contributed by atoms with Crippen LogP contribution in [-0.2, 0) is 9.63 Å². The number of nitrogens with one attached hydrogen (secondary N) is 1. The van der Waals surface area contributed by atoms with Crippen molar-refractivity contribution in [3.63, 3.8) is 0 Å². The fraction of sp³-hybridized carbons (Fsp3) is 0.364. The molecule has 0 unspecified atom stereocenters. The molecule has 2 atom stereocenters. The van der Waals surface area contributed by atoms with Crippen molar-refractivity contribution in [2.75, 3.05) is 7.11 Å². The summed E-state index contributed by atoms with van der Waals surface area (Å²) in [6.45, 7) is 0. The Kier molecular flexibility index (Phi) is 3.07. The summed E-state index contributed by atoms with van der Waals surface area (Å²) in [5.74, 6) is 0.388. The van der Waals surface area contributed by atoms with Crippen molar-refractivity contribution < 1.29 is 9.63 Å². The number of hydrogen-bond donors (Lipinski definition) is 1. The van der Waals surface area contributed by atoms with Gasteiger partial charge in [-0.1, -0.05) is 28.1 Å². The summed E-state index contributed by atoms with van der Waals surface area (Å²) in [6.07, 6.45) is 0.908. The summed E-state index contributed by atoms with van der Waals surface area (Å²) in [4.78, 5) is 16.0. The molecule has 2 rings (SSSR count). The number of carbonyl (C=O) groups excluding carboxylic acids is 1. The van der Waals surface area contributed by atoms with Crippen LogP contribution in [0.1, 0.15) is 17.9 Å². The molecule has 1 fully saturated rings. The van der Waals surface area contributed by atoms with Crippen LogP contribution in [-0.4, -0.2) is 13.0 Å². The van der Waals surface area contributed by atoms with Crippen molar-refractivity contribution in [1.82, 2.24) is 5.48 Å². The molecule has 1 aromatic rings. The molecule has 1 N–H and O–H groups in total. The highest BCUT2D eigenvalue weighted by Crippen LogP contribution is 2.47. The first-order valence-electron chi connectivity index (χ1n) is 4.80. The van der Waals surface area contributed by atoms with Gasteiger partial charge in [-0.25, -0.2) is 5.48 Å². The van der Waals surface area contributed by atoms with Crippen molar-refractivity contribution >= 4 is 21.8 Å². The number of hydrogen-bond acceptors (Lipinski definition) is 2. The molecule has 0 aliphatic heterocycles. The van der Waals surface area contributed by atoms with Crippen molar-refractivity contribution in [2.24, 2.45) is 5.92 Å². The number of benzene rings is 1. The van der Waals surface area contributed by atoms with Gasteiger partial charge in [0.15, 0.2) is 0 Å². The molecule has 1 saturated carbocycles. The lowest BCUT2D eigenvalue weighted by Crippen LogP contribution is -2.23. The second kappa shape index (κ2) is 4.33. The molecule has 1 aromatic carbocycles. The smallest absolute Gasteiger partial charge is 0.247 e. The summed E-state index contributed by atoms with van der Waals surface area (Å²) in [6, 6.07) is 8.08. The molecule has 0 radical (unpaired) electrons. The molecule has 1 aliphatic carbocycles. The predicted molar refractivity (Wildman–Crippen MR) is 60.1 cm³/mol. The Balaban J connectivity index is 2.01. The van der Waals surface area contributed by atoms with Gasteiger partial charge >= 0.3 is 0 Å². The Hall–Kier alpha value is -0.870. The molecule has 15 heavy (non-hydrogen) atoms. The molecular formula is C11H12BrNO2. The van der Waals surface area contributed by atoms with Gasteiger partial charge < -0.3 is 0 Å². The molecule has 1 aliphatic rings. The van der Waals surface area contributed by atoms with E-state index in [9.17, 15) is 4.79 Å². The van der Waals surface area contributed by atoms with Crippen LogP contribution in [0, 0.1) is 5.92 Å². The van der Waals surface area contributed by atoms with E-state index in [0.29, 0.717) is 5.92 Å². The molecule has 3 nitrogen and oxygen atoms in total. The third-order valence-corrected chi connectivity index (χ3v) is 3.10. The van der Waals surface area contributed by atoms with Gasteiger partial charge in [0.2, 0.25) is 5.91 Å². The average molecular weight is 270 g/mol. The van der Waals surface area contributed by atoms with E-state index in [1.54, 1.807) is 0 Å². The van der Waals surface area contributed by atoms with E-state index < -0.39 is 0 Å². The monoisotopic (exact) mass is 269 g/mol. The maximum Gasteiger partial charge on any atom is 0.247 e. The number of amides is 1. The standard InChI is InChI=1S/C11H12BrNO2/c1-15-13-11(14)10-6-9(10)7-3-2-4-8(12)5-7/h2-5,9-10H,6H2,1H3,(H,13,14)/t9-,10-/m0/s1. The van der Waals surface area contributed by atoms with Crippen molar-refractivity contribution in [3.05, 3.63) is 34.3 Å². The quantitative estimate of drug-likeness (QED) is 0.855. The highest BCUT2D eigenvalue weighted by molar-refractivity contribution is 9.10. The normalized spacial score (nSPS) is 23.6. The van der Waals surface area contributed by atoms with Gasteiger partial charge in [-0.05, 0) is 30.0 Å². The van der Waals surface area contributed by atoms with E-state index in [1.807, 2.05) is 12.1 Å². The minimum Gasteiger partial charge on any atom is -0.277 e. The van der Waals surface area contributed by atoms with E-state index in [2.05, 4.69) is 38.4 Å². The van der Waals surface area contributed by atoms with Gasteiger partial charge in [0.05, 0.1) is 7.11 Å². The lowest BCUT2D eigenvalue weighted by atomic mass is 10.1. The summed E-state index contributed by atoms with van der Waals surface area (Å²) in [5, 5.41) is 0. The molecule has 80 valence electrons. The van der Waals surface area contributed by atoms with E-state index in [0.717, 1.165) is 10.9 Å². The van der Waals surface area contributed by atoms with E-state index in [-0.39, 0.29) is 11.8 Å². The molecule has 1 amide bonds. The summed E-state index contributed by atoms with van der Waals surface area (Å²) in [7, 11) is 1.45. The van der Waals surface area contributed by atoms with Crippen LogP contribution >= 0.6 is 15.9 Å². The molecule has 4 heteroatoms. The van der Waals surface area contributed by atoms with E-state index >= 15 is 0 Å². The topological polar surface area (TPSA) is 38.3 Å². The Morgan fingerprint density at radius 2 is 2.40 bits per heavy atom. The Labute approximate surface area is 96.9 Å². The zero-order chi connectivity index (χ0) is 10.8. The van der Waals surface area contributed by atoms with Crippen molar-refractivity contribution in [1.29, 1.82) is 0 Å². The van der Waals surface area contributed by atoms with Crippen LogP contribution in [0.25, 0.3) is 0 Å². The third kappa shape index (κ3) is 2.38. The number of rotatable bonds is 3. The van der Waals surface area contributed by atoms with Crippen LogP contribution in [0.5, 0.6) is 0 Å². The molecule has 0 bridgehead atoms. The molecule has 0 spiro atoms. The van der Waals surface area contributed by atoms with Crippen LogP contribution in [0.2, 0.25) is 0 Å². The van der Waals surface area contributed by atoms with Crippen LogP contribution in [0.15, 0.2) is 28.7 Å². The van der Waals surface area contributed by atoms with Crippen molar-refractivity contribution in [3.8, 4) is 0 Å². The third-order valence-electron chi connectivity index (χ3n) is 2.61. The van der Waals surface area contributed by atoms with Gasteiger partial charge in [0.1, 0.15) is 0 Å². The highest BCUT2D eigenvalue weighted by Gasteiger charge is 2.44. The molecular weight excluding hydrogens is 258 g/mol. The van der Waals surface area contributed by atoms with Gasteiger partial charge in [0, 0.05) is 10.4 Å². The number of halogens is 1. The van der Waals surface area contributed by atoms with Crippen LogP contribution < -0.4 is 5.48 Å². The highest BCUT2D eigenvalue weighted by atomic mass is 79.9. The summed E-state index contributed by atoms with van der Waals surface area (Å²) >= 11 is 3.42. The lowest BCUT2D eigenvalue weighted by Gasteiger charge is -2.02. The average Bonchev–Trinajstić information content (AvgIpc) is 2.97. The molecule has 0 aromatic heterocycles. The maximum atomic E-state index is 11.4. The van der Waals surface area contributed by atoms with Crippen LogP contribution in [0.4, 0.5) is 0 Å². The Morgan fingerprint density at radius 1 is 1.60 bits per heavy atom. The second-order valence-electron chi connectivity index (χ2n) is 3.67. The minimum absolute atomic E-state index is 0.0255. The van der Waals surface area contributed by atoms with Crippen molar-refractivity contribution in [2.45, 2.75) is 12.3 Å². The van der Waals surface area contributed by atoms with E-state index in [4.69, 9.17) is 0 Å². The SMILES string of the molecule is CONC(=O)[C@H]1C[C@H]1c1cccc(Br)c1. The zero-order valence-corrected chi connectivity index (χ0v) is 9.95. The zero-order valence-electron chi connectivity index (χ0n) is 8.37. The lowest BCUT2D eigenvalue weighted by molar-refractivity contribution is -0.132. The maximum absolute atomic E-state index is 11.4. The summed E-state index contributed by atoms with van der Waals surface area (Å²) < 4.78 is 1.05. The second-order valence-corrected chi connectivity index (χ2v) is 4.59. The van der Waals surface area contributed by atoms with Gasteiger partial charge in [-0.3, -0.25) is 9.63 Å². The summed E-state index contributed by atoms with van der Waals surface area (Å²) in [5.41, 5.74) is 3.58. The van der Waals surface area contributed by atoms with Crippen LogP contribution in [0.3, 0.4) is 0 Å². The first-order valence-corrected chi connectivity index (χ1v) is 5.60. The van der Waals surface area contributed by atoms with E-state index in [1.165, 1.54) is 12.7 Å². The fourth-order valence-electron chi connectivity index (χ4n) is 1.77. The Bertz CT molecular complexity index is 381. The number of carbonyl (C=O) groups is 1. The van der Waals surface area contributed by atoms with Gasteiger partial charge in [-0.15, -0.1) is 0 Å². The first-order chi connectivity index (χ1) is 7.22. The minimum atomic E-state index is -0.0255. The number of hydroxylamine groups is 1. The van der Waals surface area contributed by atoms with Gasteiger partial charge in [-0.2, -0.15) is 0 Å². The first kappa shape index (κ1) is 10.6. The molecule has 0 saturated heterocycles. The fourth-order valence-corrected chi connectivity index (χ4v) is 2.18. The largest absolute Gasteiger partial charge is 0.277 e. The molecule has 0 heterocycles. The Morgan fingerprint density at radius 3 is 3.07 bits per heavy atom.